The summed E-state index contributed by atoms with van der Waals surface area (Å²) < 4.78 is 16.2. The minimum Gasteiger partial charge on any atom is -0.497 e. The SMILES string of the molecule is CCC(Oc1ccccc1/C=C1/SC(=Nc2ccc(OC)cc2OC)NC1=O)C(=O)O. The lowest BCUT2D eigenvalue weighted by Gasteiger charge is -2.15. The normalized spacial score (nSPS) is 16.8. The molecule has 0 saturated carbocycles. The number of hydrogen-bond acceptors (Lipinski definition) is 7. The Morgan fingerprint density at radius 3 is 2.65 bits per heavy atom. The lowest BCUT2D eigenvalue weighted by atomic mass is 10.1. The Kier molecular flexibility index (Phi) is 7.19. The summed E-state index contributed by atoms with van der Waals surface area (Å²) >= 11 is 1.17. The van der Waals surface area contributed by atoms with Crippen LogP contribution in [-0.2, 0) is 9.59 Å². The fourth-order valence-corrected chi connectivity index (χ4v) is 3.60. The monoisotopic (exact) mass is 442 g/mol. The van der Waals surface area contributed by atoms with Crippen LogP contribution in [0.5, 0.6) is 17.2 Å². The standard InChI is InChI=1S/C22H22N2O6S/c1-4-16(21(26)27)30-17-8-6-5-7-13(17)11-19-20(25)24-22(31-19)23-15-10-9-14(28-2)12-18(15)29-3/h5-12,16H,4H2,1-3H3,(H,26,27)(H,23,24,25)/b19-11+. The van der Waals surface area contributed by atoms with Crippen LogP contribution in [0.25, 0.3) is 6.08 Å². The van der Waals surface area contributed by atoms with Crippen LogP contribution in [0.3, 0.4) is 0 Å². The van der Waals surface area contributed by atoms with E-state index in [4.69, 9.17) is 14.2 Å². The maximum Gasteiger partial charge on any atom is 0.344 e. The minimum absolute atomic E-state index is 0.309. The van der Waals surface area contributed by atoms with Crippen molar-refractivity contribution in [3.05, 3.63) is 52.9 Å². The molecule has 162 valence electrons. The average Bonchev–Trinajstić information content (AvgIpc) is 3.11. The first-order chi connectivity index (χ1) is 14.9. The summed E-state index contributed by atoms with van der Waals surface area (Å²) in [7, 11) is 3.09. The zero-order valence-corrected chi connectivity index (χ0v) is 18.1. The van der Waals surface area contributed by atoms with E-state index in [0.29, 0.717) is 45.0 Å². The van der Waals surface area contributed by atoms with Crippen molar-refractivity contribution in [2.45, 2.75) is 19.4 Å². The zero-order chi connectivity index (χ0) is 22.4. The summed E-state index contributed by atoms with van der Waals surface area (Å²) in [5.74, 6) is 0.182. The molecule has 8 nitrogen and oxygen atoms in total. The van der Waals surface area contributed by atoms with Crippen molar-refractivity contribution >= 4 is 40.6 Å². The Morgan fingerprint density at radius 2 is 1.97 bits per heavy atom. The van der Waals surface area contributed by atoms with Crippen molar-refractivity contribution in [2.75, 3.05) is 14.2 Å². The molecule has 3 rings (SSSR count). The second-order valence-corrected chi connectivity index (χ2v) is 7.44. The molecule has 0 aliphatic carbocycles. The van der Waals surface area contributed by atoms with Crippen LogP contribution < -0.4 is 19.5 Å². The van der Waals surface area contributed by atoms with E-state index < -0.39 is 12.1 Å². The predicted octanol–water partition coefficient (Wildman–Crippen LogP) is 3.84. The third-order valence-electron chi connectivity index (χ3n) is 4.38. The smallest absolute Gasteiger partial charge is 0.344 e. The number of hydrogen-bond donors (Lipinski definition) is 2. The van der Waals surface area contributed by atoms with E-state index in [1.54, 1.807) is 62.6 Å². The number of carboxylic acid groups (broad SMARTS) is 1. The highest BCUT2D eigenvalue weighted by atomic mass is 32.2. The molecule has 1 aliphatic rings. The maximum absolute atomic E-state index is 12.5. The van der Waals surface area contributed by atoms with Crippen LogP contribution in [0.1, 0.15) is 18.9 Å². The van der Waals surface area contributed by atoms with Gasteiger partial charge in [-0.3, -0.25) is 4.79 Å². The molecule has 1 amide bonds. The number of carbonyl (C=O) groups excluding carboxylic acids is 1. The number of aliphatic carboxylic acids is 1. The molecule has 31 heavy (non-hydrogen) atoms. The fourth-order valence-electron chi connectivity index (χ4n) is 2.78. The summed E-state index contributed by atoms with van der Waals surface area (Å²) in [5, 5.41) is 12.4. The maximum atomic E-state index is 12.5. The first-order valence-electron chi connectivity index (χ1n) is 9.45. The lowest BCUT2D eigenvalue weighted by Crippen LogP contribution is -2.26. The van der Waals surface area contributed by atoms with E-state index in [1.165, 1.54) is 18.9 Å². The van der Waals surface area contributed by atoms with Crippen molar-refractivity contribution in [2.24, 2.45) is 4.99 Å². The van der Waals surface area contributed by atoms with Gasteiger partial charge in [0.25, 0.3) is 5.91 Å². The Bertz CT molecular complexity index is 1050. The van der Waals surface area contributed by atoms with Crippen molar-refractivity contribution in [3.63, 3.8) is 0 Å². The van der Waals surface area contributed by atoms with Gasteiger partial charge in [0.2, 0.25) is 0 Å². The first-order valence-corrected chi connectivity index (χ1v) is 10.3. The third kappa shape index (κ3) is 5.37. The largest absolute Gasteiger partial charge is 0.497 e. The summed E-state index contributed by atoms with van der Waals surface area (Å²) in [6.07, 6.45) is 0.998. The van der Waals surface area contributed by atoms with Gasteiger partial charge in [-0.25, -0.2) is 9.79 Å². The Labute approximate surface area is 183 Å². The molecule has 0 radical (unpaired) electrons. The van der Waals surface area contributed by atoms with Crippen LogP contribution in [-0.4, -0.2) is 42.5 Å². The van der Waals surface area contributed by atoms with Gasteiger partial charge in [-0.2, -0.15) is 0 Å². The number of para-hydroxylation sites is 1. The number of carbonyl (C=O) groups is 2. The zero-order valence-electron chi connectivity index (χ0n) is 17.2. The van der Waals surface area contributed by atoms with Crippen LogP contribution in [0.4, 0.5) is 5.69 Å². The summed E-state index contributed by atoms with van der Waals surface area (Å²) in [6.45, 7) is 1.73. The highest BCUT2D eigenvalue weighted by Gasteiger charge is 2.25. The second kappa shape index (κ2) is 10.0. The molecule has 2 aromatic carbocycles. The number of amidine groups is 1. The number of ether oxygens (including phenoxy) is 3. The van der Waals surface area contributed by atoms with Crippen LogP contribution >= 0.6 is 11.8 Å². The quantitative estimate of drug-likeness (QED) is 0.598. The van der Waals surface area contributed by atoms with Crippen molar-refractivity contribution in [1.29, 1.82) is 0 Å². The van der Waals surface area contributed by atoms with E-state index >= 15 is 0 Å². The number of nitrogens with one attached hydrogen (secondary N) is 1. The number of thioether (sulfide) groups is 1. The van der Waals surface area contributed by atoms with E-state index in [9.17, 15) is 14.7 Å². The van der Waals surface area contributed by atoms with E-state index in [-0.39, 0.29) is 5.91 Å². The molecule has 0 aromatic heterocycles. The highest BCUT2D eigenvalue weighted by Crippen LogP contribution is 2.35. The van der Waals surface area contributed by atoms with Gasteiger partial charge < -0.3 is 24.6 Å². The number of nitrogens with zero attached hydrogens (tertiary/aromatic N) is 1. The molecular formula is C22H22N2O6S. The van der Waals surface area contributed by atoms with Gasteiger partial charge in [0.05, 0.1) is 19.1 Å². The van der Waals surface area contributed by atoms with E-state index in [1.807, 2.05) is 0 Å². The fraction of sp³-hybridized carbons (Fsp3) is 0.227. The second-order valence-electron chi connectivity index (χ2n) is 6.41. The average molecular weight is 442 g/mol. The Morgan fingerprint density at radius 1 is 1.19 bits per heavy atom. The first kappa shape index (κ1) is 22.2. The summed E-state index contributed by atoms with van der Waals surface area (Å²) in [6, 6.07) is 12.2. The van der Waals surface area contributed by atoms with Gasteiger partial charge in [0.15, 0.2) is 11.3 Å². The molecule has 1 heterocycles. The summed E-state index contributed by atoms with van der Waals surface area (Å²) in [5.41, 5.74) is 1.14. The molecular weight excluding hydrogens is 420 g/mol. The molecule has 9 heteroatoms. The van der Waals surface area contributed by atoms with Gasteiger partial charge in [0.1, 0.15) is 22.9 Å². The lowest BCUT2D eigenvalue weighted by molar-refractivity contribution is -0.145. The predicted molar refractivity (Wildman–Crippen MR) is 119 cm³/mol. The Balaban J connectivity index is 1.86. The number of rotatable bonds is 8. The molecule has 0 bridgehead atoms. The number of carboxylic acids is 1. The van der Waals surface area contributed by atoms with Gasteiger partial charge in [-0.05, 0) is 42.5 Å². The molecule has 1 saturated heterocycles. The van der Waals surface area contributed by atoms with Crippen molar-refractivity contribution in [1.82, 2.24) is 5.32 Å². The topological polar surface area (TPSA) is 106 Å². The third-order valence-corrected chi connectivity index (χ3v) is 5.29. The number of benzene rings is 2. The molecule has 1 fully saturated rings. The number of aliphatic imine (C=N–C) groups is 1. The summed E-state index contributed by atoms with van der Waals surface area (Å²) in [4.78, 5) is 28.7. The number of methoxy groups -OCH3 is 2. The number of amides is 1. The van der Waals surface area contributed by atoms with Crippen molar-refractivity contribution in [3.8, 4) is 17.2 Å². The minimum atomic E-state index is -1.04. The van der Waals surface area contributed by atoms with E-state index in [2.05, 4.69) is 10.3 Å². The highest BCUT2D eigenvalue weighted by molar-refractivity contribution is 8.18. The van der Waals surface area contributed by atoms with Gasteiger partial charge in [-0.15, -0.1) is 0 Å². The van der Waals surface area contributed by atoms with Gasteiger partial charge in [-0.1, -0.05) is 25.1 Å². The van der Waals surface area contributed by atoms with Crippen LogP contribution in [0, 0.1) is 0 Å². The van der Waals surface area contributed by atoms with Crippen LogP contribution in [0.2, 0.25) is 0 Å². The van der Waals surface area contributed by atoms with Gasteiger partial charge in [0, 0.05) is 11.6 Å². The van der Waals surface area contributed by atoms with E-state index in [0.717, 1.165) is 0 Å². The van der Waals surface area contributed by atoms with Crippen LogP contribution in [0.15, 0.2) is 52.4 Å². The molecule has 1 unspecified atom stereocenters. The molecule has 1 atom stereocenters. The molecule has 0 spiro atoms. The molecule has 2 aromatic rings. The molecule has 2 N–H and O–H groups in total. The Hall–Kier alpha value is -3.46. The van der Waals surface area contributed by atoms with Gasteiger partial charge >= 0.3 is 5.97 Å². The molecule has 1 aliphatic heterocycles. The van der Waals surface area contributed by atoms with Crippen molar-refractivity contribution < 1.29 is 28.9 Å².